The molecule has 1 aliphatic rings. The molecular weight excluding hydrogens is 190 g/mol. The molecule has 1 aromatic carbocycles. The van der Waals surface area contributed by atoms with Crippen molar-refractivity contribution < 1.29 is 9.90 Å². The summed E-state index contributed by atoms with van der Waals surface area (Å²) < 4.78 is 0. The van der Waals surface area contributed by atoms with E-state index in [4.69, 9.17) is 11.5 Å². The lowest BCUT2D eigenvalue weighted by atomic mass is 10.0. The highest BCUT2D eigenvalue weighted by molar-refractivity contribution is 5.83. The van der Waals surface area contributed by atoms with Gasteiger partial charge >= 0.3 is 5.97 Å². The Bertz CT molecular complexity index is 433. The van der Waals surface area contributed by atoms with Crippen LogP contribution in [-0.4, -0.2) is 24.2 Å². The molecule has 0 spiro atoms. The zero-order valence-electron chi connectivity index (χ0n) is 8.18. The van der Waals surface area contributed by atoms with E-state index in [1.807, 2.05) is 29.2 Å². The van der Waals surface area contributed by atoms with Crippen LogP contribution in [0.4, 0.5) is 5.69 Å². The molecule has 1 atom stereocenters. The minimum absolute atomic E-state index is 0.449. The van der Waals surface area contributed by atoms with E-state index >= 15 is 0 Å². The van der Waals surface area contributed by atoms with Gasteiger partial charge in [-0.05, 0) is 11.6 Å². The van der Waals surface area contributed by atoms with E-state index in [9.17, 15) is 4.79 Å². The number of fused-ring (bicyclic) bond motifs is 1. The van der Waals surface area contributed by atoms with Gasteiger partial charge in [0, 0.05) is 12.2 Å². The van der Waals surface area contributed by atoms with Crippen LogP contribution in [0.5, 0.6) is 0 Å². The number of nitrogens with zero attached hydrogens (tertiary/aromatic N) is 1. The molecule has 1 unspecified atom stereocenters. The number of anilines is 1. The van der Waals surface area contributed by atoms with Crippen molar-refractivity contribution in [2.24, 2.45) is 0 Å². The monoisotopic (exact) mass is 201 g/mol. The largest absolute Gasteiger partial charge is 0.481 e. The highest BCUT2D eigenvalue weighted by atomic mass is 16.4. The van der Waals surface area contributed by atoms with E-state index in [1.165, 1.54) is 0 Å². The molecule has 0 aromatic heterocycles. The second kappa shape index (κ2) is 3.66. The van der Waals surface area contributed by atoms with Crippen molar-refractivity contribution in [1.29, 1.82) is 0 Å². The molecule has 15 heavy (non-hydrogen) atoms. The number of aliphatic carboxylic acids is 1. The number of carboxylic acid groups (broad SMARTS) is 1. The summed E-state index contributed by atoms with van der Waals surface area (Å²) in [5.41, 5.74) is 1.81. The predicted octanol–water partition coefficient (Wildman–Crippen LogP) is 1.31. The third-order valence-corrected chi connectivity index (χ3v) is 2.64. The van der Waals surface area contributed by atoms with Gasteiger partial charge < -0.3 is 10.0 Å². The molecule has 76 valence electrons. The second-order valence-electron chi connectivity index (χ2n) is 3.53. The lowest BCUT2D eigenvalue weighted by Gasteiger charge is -2.15. The van der Waals surface area contributed by atoms with Crippen LogP contribution >= 0.6 is 0 Å². The number of carbonyl (C=O) groups is 1. The first-order valence-electron chi connectivity index (χ1n) is 4.74. The summed E-state index contributed by atoms with van der Waals surface area (Å²) in [6.07, 6.45) is 5.25. The van der Waals surface area contributed by atoms with Crippen LogP contribution in [-0.2, 0) is 4.79 Å². The van der Waals surface area contributed by atoms with Crippen LogP contribution < -0.4 is 4.90 Å². The number of rotatable bonds is 2. The van der Waals surface area contributed by atoms with Crippen LogP contribution in [0.25, 0.3) is 0 Å². The topological polar surface area (TPSA) is 40.5 Å². The Labute approximate surface area is 88.3 Å². The summed E-state index contributed by atoms with van der Waals surface area (Å²) in [5.74, 6) is 1.30. The summed E-state index contributed by atoms with van der Waals surface area (Å²) >= 11 is 0. The molecular formula is C12H11NO2. The highest BCUT2D eigenvalue weighted by Crippen LogP contribution is 2.35. The Morgan fingerprint density at radius 1 is 1.60 bits per heavy atom. The average Bonchev–Trinajstić information content (AvgIpc) is 2.59. The Balaban J connectivity index is 2.40. The minimum atomic E-state index is -0.790. The number of hydrogen-bond acceptors (Lipinski definition) is 2. The van der Waals surface area contributed by atoms with E-state index in [-0.39, 0.29) is 0 Å². The van der Waals surface area contributed by atoms with Gasteiger partial charge in [-0.25, -0.2) is 0 Å². The molecule has 0 bridgehead atoms. The smallest absolute Gasteiger partial charge is 0.312 e. The third kappa shape index (κ3) is 1.55. The van der Waals surface area contributed by atoms with Crippen LogP contribution in [0.1, 0.15) is 11.5 Å². The molecule has 1 aromatic rings. The fourth-order valence-electron chi connectivity index (χ4n) is 1.96. The number of benzene rings is 1. The molecule has 1 aliphatic heterocycles. The quantitative estimate of drug-likeness (QED) is 0.733. The molecule has 1 N–H and O–H groups in total. The van der Waals surface area contributed by atoms with Gasteiger partial charge in [-0.3, -0.25) is 4.79 Å². The highest BCUT2D eigenvalue weighted by Gasteiger charge is 2.32. The Morgan fingerprint density at radius 2 is 2.33 bits per heavy atom. The van der Waals surface area contributed by atoms with Crippen LogP contribution in [0, 0.1) is 12.3 Å². The van der Waals surface area contributed by atoms with E-state index in [1.54, 1.807) is 0 Å². The van der Waals surface area contributed by atoms with Crippen molar-refractivity contribution in [2.75, 3.05) is 18.0 Å². The maximum Gasteiger partial charge on any atom is 0.312 e. The second-order valence-corrected chi connectivity index (χ2v) is 3.53. The van der Waals surface area contributed by atoms with Gasteiger partial charge in [0.25, 0.3) is 0 Å². The molecule has 0 aliphatic carbocycles. The summed E-state index contributed by atoms with van der Waals surface area (Å²) in [6.45, 7) is 0.930. The number of terminal acetylenes is 1. The molecule has 0 saturated heterocycles. The van der Waals surface area contributed by atoms with Gasteiger partial charge in [0.1, 0.15) is 5.92 Å². The van der Waals surface area contributed by atoms with E-state index in [0.717, 1.165) is 11.3 Å². The summed E-state index contributed by atoms with van der Waals surface area (Å²) in [7, 11) is 0. The van der Waals surface area contributed by atoms with Crippen LogP contribution in [0.3, 0.4) is 0 Å². The summed E-state index contributed by atoms with van der Waals surface area (Å²) in [5, 5.41) is 9.07. The van der Waals surface area contributed by atoms with Crippen LogP contribution in [0.15, 0.2) is 24.3 Å². The van der Waals surface area contributed by atoms with E-state index in [2.05, 4.69) is 5.92 Å². The molecule has 0 saturated carbocycles. The van der Waals surface area contributed by atoms with E-state index in [0.29, 0.717) is 13.1 Å². The minimum Gasteiger partial charge on any atom is -0.481 e. The van der Waals surface area contributed by atoms with Gasteiger partial charge in [-0.15, -0.1) is 6.42 Å². The van der Waals surface area contributed by atoms with Gasteiger partial charge in [0.15, 0.2) is 0 Å². The lowest BCUT2D eigenvalue weighted by Crippen LogP contribution is -2.24. The SMILES string of the molecule is C#CCN1CC(C(=O)O)c2ccccc21. The van der Waals surface area contributed by atoms with E-state index < -0.39 is 11.9 Å². The Hall–Kier alpha value is -1.95. The standard InChI is InChI=1S/C12H11NO2/c1-2-7-13-8-10(12(14)15)9-5-3-4-6-11(9)13/h1,3-6,10H,7-8H2,(H,14,15). The fraction of sp³-hybridized carbons (Fsp3) is 0.250. The predicted molar refractivity (Wildman–Crippen MR) is 57.9 cm³/mol. The van der Waals surface area contributed by atoms with Crippen LogP contribution in [0.2, 0.25) is 0 Å². The normalized spacial score (nSPS) is 18.3. The molecule has 0 radical (unpaired) electrons. The van der Waals surface area contributed by atoms with Crippen molar-refractivity contribution in [3.8, 4) is 12.3 Å². The van der Waals surface area contributed by atoms with Gasteiger partial charge in [0.2, 0.25) is 0 Å². The number of carboxylic acids is 1. The van der Waals surface area contributed by atoms with Crippen molar-refractivity contribution in [3.63, 3.8) is 0 Å². The zero-order chi connectivity index (χ0) is 10.8. The Morgan fingerprint density at radius 3 is 3.00 bits per heavy atom. The molecule has 0 fully saturated rings. The van der Waals surface area contributed by atoms with Gasteiger partial charge in [-0.1, -0.05) is 24.1 Å². The molecule has 1 heterocycles. The first-order valence-corrected chi connectivity index (χ1v) is 4.74. The lowest BCUT2D eigenvalue weighted by molar-refractivity contribution is -0.138. The molecule has 0 amide bonds. The van der Waals surface area contributed by atoms with Crippen molar-refractivity contribution in [1.82, 2.24) is 0 Å². The zero-order valence-corrected chi connectivity index (χ0v) is 8.18. The van der Waals surface area contributed by atoms with Crippen molar-refractivity contribution >= 4 is 11.7 Å². The summed E-state index contributed by atoms with van der Waals surface area (Å²) in [4.78, 5) is 13.0. The average molecular weight is 201 g/mol. The third-order valence-electron chi connectivity index (χ3n) is 2.64. The molecule has 3 heteroatoms. The maximum atomic E-state index is 11.0. The first kappa shape index (κ1) is 9.60. The Kier molecular flexibility index (Phi) is 2.34. The summed E-state index contributed by atoms with van der Waals surface area (Å²) in [6, 6.07) is 7.51. The number of hydrogen-bond donors (Lipinski definition) is 1. The molecule has 3 nitrogen and oxygen atoms in total. The fourth-order valence-corrected chi connectivity index (χ4v) is 1.96. The maximum absolute atomic E-state index is 11.0. The molecule has 2 rings (SSSR count). The number of para-hydroxylation sites is 1. The van der Waals surface area contributed by atoms with Crippen molar-refractivity contribution in [2.45, 2.75) is 5.92 Å². The first-order chi connectivity index (χ1) is 7.24. The van der Waals surface area contributed by atoms with Gasteiger partial charge in [0.05, 0.1) is 6.54 Å². The van der Waals surface area contributed by atoms with Crippen molar-refractivity contribution in [3.05, 3.63) is 29.8 Å². The van der Waals surface area contributed by atoms with Gasteiger partial charge in [-0.2, -0.15) is 0 Å².